The maximum atomic E-state index is 6.29. The number of hydrogen-bond acceptors (Lipinski definition) is 1. The number of nitrogens with zero attached hydrogens (tertiary/aromatic N) is 1. The standard InChI is InChI=1S/C19H11Cl2N/c20-17-11-19(21)22-18-8-7-15(10-16(17)18)14-6-5-12-3-1-2-4-13(12)9-14/h1-11H. The molecule has 1 nitrogen and oxygen atoms in total. The Morgan fingerprint density at radius 1 is 0.682 bits per heavy atom. The normalized spacial score (nSPS) is 11.2. The molecule has 22 heavy (non-hydrogen) atoms. The number of pyridine rings is 1. The van der Waals surface area contributed by atoms with Crippen molar-refractivity contribution in [3.63, 3.8) is 0 Å². The molecule has 0 N–H and O–H groups in total. The maximum Gasteiger partial charge on any atom is 0.131 e. The van der Waals surface area contributed by atoms with Crippen molar-refractivity contribution in [3.05, 3.63) is 76.9 Å². The van der Waals surface area contributed by atoms with Gasteiger partial charge >= 0.3 is 0 Å². The zero-order valence-corrected chi connectivity index (χ0v) is 13.1. The van der Waals surface area contributed by atoms with Crippen molar-refractivity contribution in [2.75, 3.05) is 0 Å². The van der Waals surface area contributed by atoms with Crippen LogP contribution in [0.5, 0.6) is 0 Å². The Kier molecular flexibility index (Phi) is 3.25. The smallest absolute Gasteiger partial charge is 0.131 e. The number of fused-ring (bicyclic) bond motifs is 2. The van der Waals surface area contributed by atoms with E-state index >= 15 is 0 Å². The first-order valence-corrected chi connectivity index (χ1v) is 7.71. The Hall–Kier alpha value is -2.09. The highest BCUT2D eigenvalue weighted by molar-refractivity contribution is 6.37. The number of rotatable bonds is 1. The Labute approximate surface area is 138 Å². The van der Waals surface area contributed by atoms with E-state index in [1.54, 1.807) is 6.07 Å². The first kappa shape index (κ1) is 13.6. The Balaban J connectivity index is 1.92. The highest BCUT2D eigenvalue weighted by Crippen LogP contribution is 2.31. The maximum absolute atomic E-state index is 6.29. The molecule has 4 aromatic rings. The van der Waals surface area contributed by atoms with Crippen LogP contribution in [0.2, 0.25) is 10.2 Å². The van der Waals surface area contributed by atoms with Gasteiger partial charge in [0.15, 0.2) is 0 Å². The van der Waals surface area contributed by atoms with Gasteiger partial charge in [-0.25, -0.2) is 4.98 Å². The molecule has 0 aliphatic rings. The van der Waals surface area contributed by atoms with Gasteiger partial charge in [-0.3, -0.25) is 0 Å². The van der Waals surface area contributed by atoms with E-state index < -0.39 is 0 Å². The summed E-state index contributed by atoms with van der Waals surface area (Å²) < 4.78 is 0. The van der Waals surface area contributed by atoms with E-state index in [9.17, 15) is 0 Å². The SMILES string of the molecule is Clc1cc(Cl)c2cc(-c3ccc4ccccc4c3)ccc2n1. The first-order valence-electron chi connectivity index (χ1n) is 6.96. The van der Waals surface area contributed by atoms with Crippen molar-refractivity contribution in [2.24, 2.45) is 0 Å². The lowest BCUT2D eigenvalue weighted by atomic mass is 10.00. The largest absolute Gasteiger partial charge is 0.236 e. The molecule has 0 fully saturated rings. The average Bonchev–Trinajstić information content (AvgIpc) is 2.54. The number of hydrogen-bond donors (Lipinski definition) is 0. The zero-order valence-electron chi connectivity index (χ0n) is 11.6. The van der Waals surface area contributed by atoms with Gasteiger partial charge in [-0.05, 0) is 46.2 Å². The molecule has 0 aliphatic carbocycles. The summed E-state index contributed by atoms with van der Waals surface area (Å²) in [6.07, 6.45) is 0. The van der Waals surface area contributed by atoms with Crippen LogP contribution in [0.1, 0.15) is 0 Å². The van der Waals surface area contributed by atoms with Gasteiger partial charge in [0.05, 0.1) is 10.5 Å². The van der Waals surface area contributed by atoms with E-state index in [1.165, 1.54) is 10.8 Å². The molecule has 0 spiro atoms. The molecule has 0 saturated carbocycles. The van der Waals surface area contributed by atoms with E-state index in [-0.39, 0.29) is 0 Å². The van der Waals surface area contributed by atoms with Crippen LogP contribution >= 0.6 is 23.2 Å². The molecule has 0 radical (unpaired) electrons. The fourth-order valence-corrected chi connectivity index (χ4v) is 3.21. The Morgan fingerprint density at radius 3 is 2.27 bits per heavy atom. The molecule has 0 atom stereocenters. The van der Waals surface area contributed by atoms with Gasteiger partial charge < -0.3 is 0 Å². The predicted octanol–water partition coefficient (Wildman–Crippen LogP) is 6.36. The van der Waals surface area contributed by atoms with E-state index in [0.29, 0.717) is 10.2 Å². The molecular formula is C19H11Cl2N. The summed E-state index contributed by atoms with van der Waals surface area (Å²) in [6.45, 7) is 0. The van der Waals surface area contributed by atoms with Crippen LogP contribution in [-0.4, -0.2) is 4.98 Å². The molecule has 0 saturated heterocycles. The Morgan fingerprint density at radius 2 is 1.41 bits per heavy atom. The second-order valence-corrected chi connectivity index (χ2v) is 6.02. The molecular weight excluding hydrogens is 313 g/mol. The minimum Gasteiger partial charge on any atom is -0.236 e. The lowest BCUT2D eigenvalue weighted by Gasteiger charge is -2.07. The summed E-state index contributed by atoms with van der Waals surface area (Å²) in [5, 5.41) is 4.41. The molecule has 1 heterocycles. The van der Waals surface area contributed by atoms with Gasteiger partial charge in [0.25, 0.3) is 0 Å². The molecule has 3 heteroatoms. The quantitative estimate of drug-likeness (QED) is 0.371. The summed E-state index contributed by atoms with van der Waals surface area (Å²) in [7, 11) is 0. The van der Waals surface area contributed by atoms with Gasteiger partial charge in [0.1, 0.15) is 5.15 Å². The van der Waals surface area contributed by atoms with Crippen molar-refractivity contribution in [2.45, 2.75) is 0 Å². The monoisotopic (exact) mass is 323 g/mol. The molecule has 0 amide bonds. The van der Waals surface area contributed by atoms with Gasteiger partial charge in [0, 0.05) is 5.39 Å². The molecule has 106 valence electrons. The van der Waals surface area contributed by atoms with Crippen molar-refractivity contribution >= 4 is 44.9 Å². The third-order valence-corrected chi connectivity index (χ3v) is 4.32. The van der Waals surface area contributed by atoms with Crippen molar-refractivity contribution in [3.8, 4) is 11.1 Å². The Bertz CT molecular complexity index is 1010. The molecule has 4 rings (SSSR count). The van der Waals surface area contributed by atoms with E-state index in [0.717, 1.165) is 22.0 Å². The molecule has 1 aromatic heterocycles. The fraction of sp³-hybridized carbons (Fsp3) is 0. The predicted molar refractivity (Wildman–Crippen MR) is 94.7 cm³/mol. The highest BCUT2D eigenvalue weighted by atomic mass is 35.5. The van der Waals surface area contributed by atoms with Crippen LogP contribution in [0.15, 0.2) is 66.7 Å². The van der Waals surface area contributed by atoms with Crippen LogP contribution < -0.4 is 0 Å². The number of aromatic nitrogens is 1. The number of benzene rings is 3. The van der Waals surface area contributed by atoms with E-state index in [1.807, 2.05) is 18.2 Å². The van der Waals surface area contributed by atoms with Gasteiger partial charge in [0.2, 0.25) is 0 Å². The van der Waals surface area contributed by atoms with Gasteiger partial charge in [-0.2, -0.15) is 0 Å². The average molecular weight is 324 g/mol. The third-order valence-electron chi connectivity index (χ3n) is 3.81. The van der Waals surface area contributed by atoms with Gasteiger partial charge in [-0.1, -0.05) is 65.7 Å². The lowest BCUT2D eigenvalue weighted by Crippen LogP contribution is -1.84. The molecule has 0 unspecified atom stereocenters. The molecule has 0 aliphatic heterocycles. The fourth-order valence-electron chi connectivity index (χ4n) is 2.70. The van der Waals surface area contributed by atoms with E-state index in [4.69, 9.17) is 23.2 Å². The second-order valence-electron chi connectivity index (χ2n) is 5.22. The minimum atomic E-state index is 0.413. The topological polar surface area (TPSA) is 12.9 Å². The van der Waals surface area contributed by atoms with Crippen LogP contribution in [0, 0.1) is 0 Å². The first-order chi connectivity index (χ1) is 10.7. The van der Waals surface area contributed by atoms with Crippen molar-refractivity contribution in [1.29, 1.82) is 0 Å². The molecule has 0 bridgehead atoms. The summed E-state index contributed by atoms with van der Waals surface area (Å²) in [6, 6.07) is 22.5. The van der Waals surface area contributed by atoms with Crippen LogP contribution in [0.4, 0.5) is 0 Å². The van der Waals surface area contributed by atoms with Crippen LogP contribution in [-0.2, 0) is 0 Å². The summed E-state index contributed by atoms with van der Waals surface area (Å²) >= 11 is 12.2. The van der Waals surface area contributed by atoms with Crippen molar-refractivity contribution < 1.29 is 0 Å². The molecule has 3 aromatic carbocycles. The number of halogens is 2. The van der Waals surface area contributed by atoms with Crippen molar-refractivity contribution in [1.82, 2.24) is 4.98 Å². The summed E-state index contributed by atoms with van der Waals surface area (Å²) in [5.74, 6) is 0. The van der Waals surface area contributed by atoms with Crippen LogP contribution in [0.25, 0.3) is 32.8 Å². The lowest BCUT2D eigenvalue weighted by molar-refractivity contribution is 1.41. The van der Waals surface area contributed by atoms with Gasteiger partial charge in [-0.15, -0.1) is 0 Å². The third kappa shape index (κ3) is 2.33. The minimum absolute atomic E-state index is 0.413. The highest BCUT2D eigenvalue weighted by Gasteiger charge is 2.06. The zero-order chi connectivity index (χ0) is 15.1. The van der Waals surface area contributed by atoms with Crippen LogP contribution in [0.3, 0.4) is 0 Å². The summed E-state index contributed by atoms with van der Waals surface area (Å²) in [5.41, 5.74) is 3.08. The second kappa shape index (κ2) is 5.28. The summed E-state index contributed by atoms with van der Waals surface area (Å²) in [4.78, 5) is 4.30. The van der Waals surface area contributed by atoms with E-state index in [2.05, 4.69) is 47.4 Å².